The Balaban J connectivity index is 2.00. The number of methoxy groups -OCH3 is 2. The largest absolute Gasteiger partial charge is 0.495 e. The summed E-state index contributed by atoms with van der Waals surface area (Å²) in [7, 11) is 2.96. The average molecular weight is 427 g/mol. The number of rotatable bonds is 7. The van der Waals surface area contributed by atoms with Gasteiger partial charge in [0.25, 0.3) is 0 Å². The molecule has 2 aromatic carbocycles. The van der Waals surface area contributed by atoms with Crippen molar-refractivity contribution in [1.82, 2.24) is 0 Å². The molecule has 0 saturated carbocycles. The van der Waals surface area contributed by atoms with Gasteiger partial charge in [0.1, 0.15) is 11.5 Å². The number of hydrogen-bond donors (Lipinski definition) is 1. The molecule has 7 heteroatoms. The van der Waals surface area contributed by atoms with Crippen LogP contribution in [0.1, 0.15) is 23.2 Å². The van der Waals surface area contributed by atoms with Crippen LogP contribution in [0.3, 0.4) is 0 Å². The van der Waals surface area contributed by atoms with Crippen LogP contribution >= 0.6 is 27.5 Å². The number of benzene rings is 2. The lowest BCUT2D eigenvalue weighted by Gasteiger charge is -2.13. The summed E-state index contributed by atoms with van der Waals surface area (Å²) in [5.74, 6) is 0.443. The van der Waals surface area contributed by atoms with Crippen LogP contribution in [0.5, 0.6) is 11.5 Å². The number of Topliss-reactive ketones (excluding diaryl/α,β-unsaturated/α-hetero) is 1. The van der Waals surface area contributed by atoms with Crippen LogP contribution in [0, 0.1) is 0 Å². The molecule has 1 amide bonds. The minimum Gasteiger partial charge on any atom is -0.495 e. The molecule has 0 aliphatic carbocycles. The van der Waals surface area contributed by atoms with E-state index in [0.29, 0.717) is 27.8 Å². The summed E-state index contributed by atoms with van der Waals surface area (Å²) in [6, 6.07) is 10.2. The van der Waals surface area contributed by atoms with Gasteiger partial charge in [0.05, 0.1) is 24.9 Å². The highest BCUT2D eigenvalue weighted by atomic mass is 79.9. The van der Waals surface area contributed by atoms with Crippen LogP contribution in [0.25, 0.3) is 0 Å². The Morgan fingerprint density at radius 1 is 1.04 bits per heavy atom. The van der Waals surface area contributed by atoms with Gasteiger partial charge in [-0.2, -0.15) is 0 Å². The van der Waals surface area contributed by atoms with Crippen LogP contribution in [-0.4, -0.2) is 25.9 Å². The third-order valence-corrected chi connectivity index (χ3v) is 4.32. The van der Waals surface area contributed by atoms with E-state index in [0.717, 1.165) is 4.47 Å². The van der Waals surface area contributed by atoms with E-state index in [1.807, 2.05) is 0 Å². The topological polar surface area (TPSA) is 64.6 Å². The molecule has 0 spiro atoms. The molecule has 0 heterocycles. The molecule has 0 saturated heterocycles. The molecule has 2 rings (SSSR count). The standard InChI is InChI=1S/C18H17BrClNO4/c1-24-16-10-14(17(25-2)9-13(16)20)21-18(23)8-7-15(22)11-3-5-12(19)6-4-11/h3-6,9-10H,7-8H2,1-2H3,(H,21,23). The summed E-state index contributed by atoms with van der Waals surface area (Å²) in [5.41, 5.74) is 1.01. The number of amides is 1. The molecule has 0 aromatic heterocycles. The molecule has 0 atom stereocenters. The van der Waals surface area contributed by atoms with Gasteiger partial charge in [-0.3, -0.25) is 9.59 Å². The highest BCUT2D eigenvalue weighted by molar-refractivity contribution is 9.10. The zero-order chi connectivity index (χ0) is 18.4. The molecule has 0 fully saturated rings. The fourth-order valence-corrected chi connectivity index (χ4v) is 2.67. The highest BCUT2D eigenvalue weighted by Gasteiger charge is 2.14. The van der Waals surface area contributed by atoms with Crippen molar-refractivity contribution >= 4 is 44.9 Å². The summed E-state index contributed by atoms with van der Waals surface area (Å²) in [5, 5.41) is 3.09. The zero-order valence-corrected chi connectivity index (χ0v) is 16.1. The molecule has 0 bridgehead atoms. The minimum absolute atomic E-state index is 0.0585. The van der Waals surface area contributed by atoms with E-state index < -0.39 is 0 Å². The fraction of sp³-hybridized carbons (Fsp3) is 0.222. The molecule has 132 valence electrons. The van der Waals surface area contributed by atoms with Gasteiger partial charge in [-0.05, 0) is 12.1 Å². The lowest BCUT2D eigenvalue weighted by molar-refractivity contribution is -0.116. The first kappa shape index (κ1) is 19.3. The summed E-state index contributed by atoms with van der Waals surface area (Å²) in [6.07, 6.45) is 0.170. The second kappa shape index (κ2) is 8.87. The van der Waals surface area contributed by atoms with Gasteiger partial charge in [-0.25, -0.2) is 0 Å². The second-order valence-electron chi connectivity index (χ2n) is 5.17. The summed E-state index contributed by atoms with van der Waals surface area (Å²) >= 11 is 9.35. The lowest BCUT2D eigenvalue weighted by Crippen LogP contribution is -2.14. The van der Waals surface area contributed by atoms with E-state index in [2.05, 4.69) is 21.2 Å². The average Bonchev–Trinajstić information content (AvgIpc) is 2.61. The maximum atomic E-state index is 12.2. The smallest absolute Gasteiger partial charge is 0.224 e. The number of carbonyl (C=O) groups excluding carboxylic acids is 2. The Hall–Kier alpha value is -2.05. The Bertz CT molecular complexity index is 777. The van der Waals surface area contributed by atoms with Crippen LogP contribution in [0.15, 0.2) is 40.9 Å². The Morgan fingerprint density at radius 3 is 2.28 bits per heavy atom. The Labute approximate surface area is 159 Å². The number of anilines is 1. The molecule has 0 radical (unpaired) electrons. The van der Waals surface area contributed by atoms with E-state index in [1.54, 1.807) is 36.4 Å². The van der Waals surface area contributed by atoms with Crippen LogP contribution in [-0.2, 0) is 4.79 Å². The van der Waals surface area contributed by atoms with Gasteiger partial charge >= 0.3 is 0 Å². The predicted molar refractivity (Wildman–Crippen MR) is 101 cm³/mol. The van der Waals surface area contributed by atoms with Crippen molar-refractivity contribution in [2.75, 3.05) is 19.5 Å². The van der Waals surface area contributed by atoms with Crippen LogP contribution < -0.4 is 14.8 Å². The summed E-state index contributed by atoms with van der Waals surface area (Å²) in [4.78, 5) is 24.3. The van der Waals surface area contributed by atoms with Gasteiger partial charge in [-0.1, -0.05) is 39.7 Å². The molecule has 5 nitrogen and oxygen atoms in total. The highest BCUT2D eigenvalue weighted by Crippen LogP contribution is 2.35. The zero-order valence-electron chi connectivity index (χ0n) is 13.8. The maximum Gasteiger partial charge on any atom is 0.224 e. The second-order valence-corrected chi connectivity index (χ2v) is 6.49. The normalized spacial score (nSPS) is 10.2. The van der Waals surface area contributed by atoms with Crippen molar-refractivity contribution in [3.05, 3.63) is 51.5 Å². The van der Waals surface area contributed by atoms with Crippen LogP contribution in [0.2, 0.25) is 5.02 Å². The third-order valence-electron chi connectivity index (χ3n) is 3.49. The molecule has 2 aromatic rings. The van der Waals surface area contributed by atoms with Crippen molar-refractivity contribution in [3.63, 3.8) is 0 Å². The SMILES string of the molecule is COc1cc(NC(=O)CCC(=O)c2ccc(Br)cc2)c(OC)cc1Cl. The number of ether oxygens (including phenoxy) is 2. The fourth-order valence-electron chi connectivity index (χ4n) is 2.18. The van der Waals surface area contributed by atoms with Crippen molar-refractivity contribution in [2.45, 2.75) is 12.8 Å². The van der Waals surface area contributed by atoms with Crippen molar-refractivity contribution in [3.8, 4) is 11.5 Å². The Morgan fingerprint density at radius 2 is 1.68 bits per heavy atom. The number of ketones is 1. The molecule has 1 N–H and O–H groups in total. The van der Waals surface area contributed by atoms with Crippen molar-refractivity contribution in [1.29, 1.82) is 0 Å². The molecular formula is C18H17BrClNO4. The van der Waals surface area contributed by atoms with Crippen LogP contribution in [0.4, 0.5) is 5.69 Å². The van der Waals surface area contributed by atoms with Gasteiger partial charge in [-0.15, -0.1) is 0 Å². The van der Waals surface area contributed by atoms with Crippen molar-refractivity contribution < 1.29 is 19.1 Å². The molecule has 25 heavy (non-hydrogen) atoms. The van der Waals surface area contributed by atoms with E-state index in [4.69, 9.17) is 21.1 Å². The maximum absolute atomic E-state index is 12.2. The quantitative estimate of drug-likeness (QED) is 0.651. The number of halogens is 2. The van der Waals surface area contributed by atoms with E-state index in [9.17, 15) is 9.59 Å². The van der Waals surface area contributed by atoms with Gasteiger partial charge in [0, 0.05) is 35.0 Å². The third kappa shape index (κ3) is 5.21. The number of hydrogen-bond acceptors (Lipinski definition) is 4. The summed E-state index contributed by atoms with van der Waals surface area (Å²) in [6.45, 7) is 0. The monoisotopic (exact) mass is 425 g/mol. The number of carbonyl (C=O) groups is 2. The predicted octanol–water partition coefficient (Wildman–Crippen LogP) is 4.72. The van der Waals surface area contributed by atoms with Gasteiger partial charge in [0.15, 0.2) is 5.78 Å². The first-order valence-electron chi connectivity index (χ1n) is 7.44. The molecule has 0 aliphatic heterocycles. The van der Waals surface area contributed by atoms with Crippen molar-refractivity contribution in [2.24, 2.45) is 0 Å². The van der Waals surface area contributed by atoms with E-state index >= 15 is 0 Å². The molecule has 0 unspecified atom stereocenters. The van der Waals surface area contributed by atoms with Gasteiger partial charge in [0.2, 0.25) is 5.91 Å². The first-order chi connectivity index (χ1) is 11.9. The van der Waals surface area contributed by atoms with E-state index in [-0.39, 0.29) is 24.5 Å². The minimum atomic E-state index is -0.298. The molecular weight excluding hydrogens is 410 g/mol. The summed E-state index contributed by atoms with van der Waals surface area (Å²) < 4.78 is 11.2. The first-order valence-corrected chi connectivity index (χ1v) is 8.62. The molecule has 0 aliphatic rings. The van der Waals surface area contributed by atoms with Gasteiger partial charge < -0.3 is 14.8 Å². The Kier molecular flexibility index (Phi) is 6.84. The number of nitrogens with one attached hydrogen (secondary N) is 1. The van der Waals surface area contributed by atoms with E-state index in [1.165, 1.54) is 14.2 Å². The lowest BCUT2D eigenvalue weighted by atomic mass is 10.1.